The van der Waals surface area contributed by atoms with Crippen molar-refractivity contribution in [3.05, 3.63) is 11.6 Å². The van der Waals surface area contributed by atoms with E-state index in [1.807, 2.05) is 66.6 Å². The van der Waals surface area contributed by atoms with E-state index >= 15 is 0 Å². The minimum Gasteiger partial charge on any atom is -0.459 e. The number of esters is 1. The summed E-state index contributed by atoms with van der Waals surface area (Å²) >= 11 is 0. The van der Waals surface area contributed by atoms with Crippen molar-refractivity contribution >= 4 is 5.97 Å². The Labute approximate surface area is 238 Å². The average molecular weight is 571 g/mol. The van der Waals surface area contributed by atoms with Crippen molar-refractivity contribution in [1.29, 1.82) is 0 Å². The lowest BCUT2D eigenvalue weighted by atomic mass is 9.78. The summed E-state index contributed by atoms with van der Waals surface area (Å²) in [6.45, 7) is 13.2. The Bertz CT molecular complexity index is 964. The first-order valence-electron chi connectivity index (χ1n) is 14.6. The van der Waals surface area contributed by atoms with E-state index in [9.17, 15) is 15.0 Å². The first kappa shape index (κ1) is 31.8. The van der Waals surface area contributed by atoms with Crippen LogP contribution in [0.1, 0.15) is 67.7 Å². The van der Waals surface area contributed by atoms with Gasteiger partial charge in [-0.05, 0) is 67.1 Å². The number of aliphatic hydroxyl groups is 2. The lowest BCUT2D eigenvalue weighted by molar-refractivity contribution is -0.328. The molecule has 230 valence electrons. The van der Waals surface area contributed by atoms with Crippen molar-refractivity contribution in [1.82, 2.24) is 4.90 Å². The first-order chi connectivity index (χ1) is 18.6. The molecule has 0 amide bonds. The van der Waals surface area contributed by atoms with Gasteiger partial charge in [0.05, 0.1) is 36.4 Å². The standard InChI is InChI=1S/C29H50N2O9/c1-10-21-27(6)13-19(14-35-30)29(39-27)15(2)12-28(7,40-29)24(17(4)22(32)18(5)25(34)37-21)38-26-23(33)20(31(8)9)11-16(3)36-26/h13,15-18,20-24,26,32-33H,10-12,14,30H2,1-9H3/t15-,16-,17+,18-,20+,21-,22+,23-,24-,26?,27?,28-,29?/m1/s1. The second-order valence-electron chi connectivity index (χ2n) is 13.1. The van der Waals surface area contributed by atoms with Crippen LogP contribution >= 0.6 is 0 Å². The number of ether oxygens (including phenoxy) is 5. The van der Waals surface area contributed by atoms with Crippen molar-refractivity contribution in [3.8, 4) is 0 Å². The van der Waals surface area contributed by atoms with Crippen LogP contribution in [0.25, 0.3) is 0 Å². The molecular formula is C29H50N2O9. The van der Waals surface area contributed by atoms with Crippen molar-refractivity contribution < 1.29 is 43.5 Å². The SMILES string of the molecule is CC[C@H]1OC(=O)[C@H](C)[C@@H](O)[C@H](C)[C@@H](OC2O[C@H](C)C[C@H](N(C)C)[C@H]2O)[C@@]2(C)C[C@@H](C)C3(OC1(C)C=C3CON)O2. The quantitative estimate of drug-likeness (QED) is 0.245. The highest BCUT2D eigenvalue weighted by Gasteiger charge is 2.65. The van der Waals surface area contributed by atoms with Crippen LogP contribution in [0.5, 0.6) is 0 Å². The lowest BCUT2D eigenvalue weighted by Gasteiger charge is -2.47. The van der Waals surface area contributed by atoms with Gasteiger partial charge in [0.1, 0.15) is 17.8 Å². The number of cyclic esters (lactones) is 1. The highest BCUT2D eigenvalue weighted by atomic mass is 16.8. The largest absolute Gasteiger partial charge is 0.459 e. The molecule has 1 spiro atoms. The molecule has 4 heterocycles. The van der Waals surface area contributed by atoms with Gasteiger partial charge in [0.15, 0.2) is 12.1 Å². The number of nitrogens with two attached hydrogens (primary N) is 1. The van der Waals surface area contributed by atoms with Crippen LogP contribution in [-0.2, 0) is 33.3 Å². The van der Waals surface area contributed by atoms with E-state index in [0.29, 0.717) is 24.8 Å². The third-order valence-electron chi connectivity index (χ3n) is 9.59. The van der Waals surface area contributed by atoms with Gasteiger partial charge in [0, 0.05) is 23.5 Å². The Morgan fingerprint density at radius 1 is 1.12 bits per heavy atom. The fourth-order valence-corrected chi connectivity index (χ4v) is 7.42. The van der Waals surface area contributed by atoms with E-state index in [4.69, 9.17) is 34.4 Å². The Kier molecular flexibility index (Phi) is 9.14. The predicted molar refractivity (Wildman–Crippen MR) is 146 cm³/mol. The molecular weight excluding hydrogens is 520 g/mol. The number of fused-ring (bicyclic) bond motifs is 2. The first-order valence-corrected chi connectivity index (χ1v) is 14.6. The number of carbonyl (C=O) groups is 1. The maximum Gasteiger partial charge on any atom is 0.311 e. The zero-order valence-electron chi connectivity index (χ0n) is 25.5. The van der Waals surface area contributed by atoms with Gasteiger partial charge in [-0.25, -0.2) is 5.90 Å². The van der Waals surface area contributed by atoms with Gasteiger partial charge in [-0.15, -0.1) is 0 Å². The van der Waals surface area contributed by atoms with Crippen LogP contribution in [0.2, 0.25) is 0 Å². The molecule has 3 unspecified atom stereocenters. The summed E-state index contributed by atoms with van der Waals surface area (Å²) in [7, 11) is 3.83. The minimum atomic E-state index is -1.22. The number of likely N-dealkylation sites (N-methyl/N-ethyl adjacent to an activating group) is 1. The maximum absolute atomic E-state index is 13.4. The minimum absolute atomic E-state index is 0.0625. The van der Waals surface area contributed by atoms with Crippen LogP contribution in [-0.4, -0.2) is 102 Å². The third-order valence-corrected chi connectivity index (χ3v) is 9.59. The van der Waals surface area contributed by atoms with Gasteiger partial charge >= 0.3 is 5.97 Å². The van der Waals surface area contributed by atoms with E-state index < -0.39 is 65.5 Å². The smallest absolute Gasteiger partial charge is 0.311 e. The van der Waals surface area contributed by atoms with Crippen LogP contribution in [0.3, 0.4) is 0 Å². The number of rotatable bonds is 6. The van der Waals surface area contributed by atoms with E-state index in [2.05, 4.69) is 0 Å². The zero-order valence-corrected chi connectivity index (χ0v) is 25.5. The highest BCUT2D eigenvalue weighted by Crippen LogP contribution is 2.56. The average Bonchev–Trinajstić information content (AvgIpc) is 3.32. The predicted octanol–water partition coefficient (Wildman–Crippen LogP) is 1.88. The second-order valence-corrected chi connectivity index (χ2v) is 13.1. The van der Waals surface area contributed by atoms with E-state index in [-0.39, 0.29) is 24.7 Å². The van der Waals surface area contributed by atoms with Gasteiger partial charge in [0.25, 0.3) is 0 Å². The number of aliphatic hydroxyl groups excluding tert-OH is 2. The van der Waals surface area contributed by atoms with Gasteiger partial charge < -0.3 is 38.8 Å². The summed E-state index contributed by atoms with van der Waals surface area (Å²) in [5, 5.41) is 22.8. The summed E-state index contributed by atoms with van der Waals surface area (Å²) in [4.78, 5) is 20.4. The molecule has 0 saturated carbocycles. The van der Waals surface area contributed by atoms with Crippen LogP contribution in [0, 0.1) is 17.8 Å². The van der Waals surface area contributed by atoms with Gasteiger partial charge in [-0.3, -0.25) is 9.63 Å². The monoisotopic (exact) mass is 570 g/mol. The Hall–Kier alpha value is -1.15. The van der Waals surface area contributed by atoms with E-state index in [1.54, 1.807) is 6.92 Å². The normalized spacial score (nSPS) is 49.8. The van der Waals surface area contributed by atoms with E-state index in [1.165, 1.54) is 0 Å². The van der Waals surface area contributed by atoms with Crippen LogP contribution < -0.4 is 5.90 Å². The molecule has 4 N–H and O–H groups in total. The van der Waals surface area contributed by atoms with Crippen molar-refractivity contribution in [3.63, 3.8) is 0 Å². The molecule has 4 rings (SSSR count). The zero-order chi connectivity index (χ0) is 29.8. The molecule has 11 heteroatoms. The number of nitrogens with zero attached hydrogens (tertiary/aromatic N) is 1. The molecule has 3 bridgehead atoms. The molecule has 13 atom stereocenters. The summed E-state index contributed by atoms with van der Waals surface area (Å²) < 4.78 is 32.5. The van der Waals surface area contributed by atoms with Crippen molar-refractivity contribution in [2.24, 2.45) is 23.7 Å². The summed E-state index contributed by atoms with van der Waals surface area (Å²) in [5.74, 6) is 2.18. The summed E-state index contributed by atoms with van der Waals surface area (Å²) in [6, 6.07) is -0.183. The number of hydrogen-bond acceptors (Lipinski definition) is 11. The van der Waals surface area contributed by atoms with Gasteiger partial charge in [0.2, 0.25) is 0 Å². The summed E-state index contributed by atoms with van der Waals surface area (Å²) in [5.41, 5.74) is -1.31. The second kappa shape index (κ2) is 11.5. The molecule has 3 fully saturated rings. The molecule has 0 radical (unpaired) electrons. The van der Waals surface area contributed by atoms with Crippen molar-refractivity contribution in [2.75, 3.05) is 20.7 Å². The van der Waals surface area contributed by atoms with Gasteiger partial charge in [-0.2, -0.15) is 0 Å². The number of carbonyl (C=O) groups excluding carboxylic acids is 1. The Morgan fingerprint density at radius 3 is 2.40 bits per heavy atom. The van der Waals surface area contributed by atoms with Crippen molar-refractivity contribution in [2.45, 2.75) is 128 Å². The molecule has 40 heavy (non-hydrogen) atoms. The number of hydrogen-bond donors (Lipinski definition) is 3. The van der Waals surface area contributed by atoms with E-state index in [0.717, 1.165) is 0 Å². The molecule has 4 aliphatic rings. The van der Waals surface area contributed by atoms with Gasteiger partial charge in [-0.1, -0.05) is 20.8 Å². The Morgan fingerprint density at radius 2 is 1.80 bits per heavy atom. The van der Waals surface area contributed by atoms with Crippen LogP contribution in [0.15, 0.2) is 11.6 Å². The fraction of sp³-hybridized carbons (Fsp3) is 0.897. The third kappa shape index (κ3) is 5.38. The van der Waals surface area contributed by atoms with Crippen LogP contribution in [0.4, 0.5) is 0 Å². The molecule has 0 aliphatic carbocycles. The maximum atomic E-state index is 13.4. The topological polar surface area (TPSA) is 142 Å². The molecule has 0 aromatic heterocycles. The lowest BCUT2D eigenvalue weighted by Crippen LogP contribution is -2.59. The summed E-state index contributed by atoms with van der Waals surface area (Å²) in [6.07, 6.45) is -1.06. The fourth-order valence-electron chi connectivity index (χ4n) is 7.42. The molecule has 3 saturated heterocycles. The molecule has 11 nitrogen and oxygen atoms in total. The highest BCUT2D eigenvalue weighted by molar-refractivity contribution is 5.73. The molecule has 0 aromatic rings. The Balaban J connectivity index is 1.80. The molecule has 4 aliphatic heterocycles. The molecule has 0 aromatic carbocycles.